The third-order valence-electron chi connectivity index (χ3n) is 2.84. The topological polar surface area (TPSA) is 25.4 Å². The fourth-order valence-corrected chi connectivity index (χ4v) is 1.94. The molecule has 1 aliphatic heterocycles. The van der Waals surface area contributed by atoms with Crippen LogP contribution in [0.5, 0.6) is 5.88 Å². The van der Waals surface area contributed by atoms with Crippen LogP contribution >= 0.6 is 11.6 Å². The Morgan fingerprint density at radius 2 is 2.33 bits per heavy atom. The fourth-order valence-electron chi connectivity index (χ4n) is 1.82. The summed E-state index contributed by atoms with van der Waals surface area (Å²) in [6, 6.07) is 4.19. The summed E-state index contributed by atoms with van der Waals surface area (Å²) in [5.74, 6) is 0.659. The van der Waals surface area contributed by atoms with E-state index in [1.54, 1.807) is 12.3 Å². The molecule has 2 heterocycles. The molecule has 1 fully saturated rings. The van der Waals surface area contributed by atoms with Crippen LogP contribution in [0.15, 0.2) is 18.3 Å². The van der Waals surface area contributed by atoms with Crippen LogP contribution in [0, 0.1) is 0 Å². The normalized spacial score (nSPS) is 26.9. The van der Waals surface area contributed by atoms with Gasteiger partial charge in [0.15, 0.2) is 0 Å². The molecule has 0 amide bonds. The highest BCUT2D eigenvalue weighted by Gasteiger charge is 2.27. The van der Waals surface area contributed by atoms with E-state index in [0.29, 0.717) is 16.9 Å². The SMILES string of the molecule is C[C@@H]1C[C@@H](Oc2ccc(Cl)cn2)CN1C. The smallest absolute Gasteiger partial charge is 0.213 e. The summed E-state index contributed by atoms with van der Waals surface area (Å²) >= 11 is 5.75. The van der Waals surface area contributed by atoms with E-state index in [0.717, 1.165) is 13.0 Å². The number of likely N-dealkylation sites (N-methyl/N-ethyl adjacent to an activating group) is 1. The number of pyridine rings is 1. The van der Waals surface area contributed by atoms with Crippen LogP contribution in [0.4, 0.5) is 0 Å². The summed E-state index contributed by atoms with van der Waals surface area (Å²) in [5, 5.41) is 0.638. The molecule has 2 atom stereocenters. The van der Waals surface area contributed by atoms with Crippen molar-refractivity contribution in [3.63, 3.8) is 0 Å². The quantitative estimate of drug-likeness (QED) is 0.773. The standard InChI is InChI=1S/C11H15ClN2O/c1-8-5-10(7-14(8)2)15-11-4-3-9(12)6-13-11/h3-4,6,8,10H,5,7H2,1-2H3/t8-,10-/m1/s1. The van der Waals surface area contributed by atoms with Gasteiger partial charge in [-0.1, -0.05) is 11.6 Å². The van der Waals surface area contributed by atoms with Crippen molar-refractivity contribution < 1.29 is 4.74 Å². The Labute approximate surface area is 95.0 Å². The average molecular weight is 227 g/mol. The lowest BCUT2D eigenvalue weighted by molar-refractivity contribution is 0.200. The molecule has 0 radical (unpaired) electrons. The van der Waals surface area contributed by atoms with Gasteiger partial charge in [0.2, 0.25) is 5.88 Å². The first-order chi connectivity index (χ1) is 7.15. The lowest BCUT2D eigenvalue weighted by Crippen LogP contribution is -2.23. The highest BCUT2D eigenvalue weighted by molar-refractivity contribution is 6.30. The Kier molecular flexibility index (Phi) is 3.12. The Morgan fingerprint density at radius 1 is 1.53 bits per heavy atom. The molecule has 1 aromatic heterocycles. The molecular formula is C11H15ClN2O. The van der Waals surface area contributed by atoms with Crippen LogP contribution in [-0.2, 0) is 0 Å². The van der Waals surface area contributed by atoms with E-state index < -0.39 is 0 Å². The summed E-state index contributed by atoms with van der Waals surface area (Å²) in [6.45, 7) is 3.17. The highest BCUT2D eigenvalue weighted by Crippen LogP contribution is 2.20. The molecule has 4 heteroatoms. The van der Waals surface area contributed by atoms with E-state index >= 15 is 0 Å². The van der Waals surface area contributed by atoms with Crippen molar-refractivity contribution in [1.82, 2.24) is 9.88 Å². The van der Waals surface area contributed by atoms with Gasteiger partial charge >= 0.3 is 0 Å². The number of hydrogen-bond acceptors (Lipinski definition) is 3. The number of ether oxygens (including phenoxy) is 1. The van der Waals surface area contributed by atoms with Crippen molar-refractivity contribution in [3.8, 4) is 5.88 Å². The number of halogens is 1. The number of rotatable bonds is 2. The zero-order valence-corrected chi connectivity index (χ0v) is 9.74. The first-order valence-electron chi connectivity index (χ1n) is 5.13. The number of likely N-dealkylation sites (tertiary alicyclic amines) is 1. The zero-order valence-electron chi connectivity index (χ0n) is 8.98. The molecule has 82 valence electrons. The van der Waals surface area contributed by atoms with E-state index in [4.69, 9.17) is 16.3 Å². The largest absolute Gasteiger partial charge is 0.473 e. The van der Waals surface area contributed by atoms with Crippen molar-refractivity contribution in [2.24, 2.45) is 0 Å². The molecule has 0 aromatic carbocycles. The van der Waals surface area contributed by atoms with Gasteiger partial charge in [-0.15, -0.1) is 0 Å². The summed E-state index contributed by atoms with van der Waals surface area (Å²) < 4.78 is 5.76. The molecule has 0 unspecified atom stereocenters. The molecule has 0 N–H and O–H groups in total. The second-order valence-electron chi connectivity index (χ2n) is 4.08. The third-order valence-corrected chi connectivity index (χ3v) is 3.06. The van der Waals surface area contributed by atoms with Gasteiger partial charge < -0.3 is 4.74 Å². The van der Waals surface area contributed by atoms with E-state index in [1.165, 1.54) is 0 Å². The fraction of sp³-hybridized carbons (Fsp3) is 0.545. The van der Waals surface area contributed by atoms with E-state index in [1.807, 2.05) is 6.07 Å². The lowest BCUT2D eigenvalue weighted by Gasteiger charge is -2.13. The monoisotopic (exact) mass is 226 g/mol. The second kappa shape index (κ2) is 4.37. The molecule has 0 spiro atoms. The maximum atomic E-state index is 5.76. The molecule has 1 aliphatic rings. The number of hydrogen-bond donors (Lipinski definition) is 0. The van der Waals surface area contributed by atoms with E-state index in [9.17, 15) is 0 Å². The summed E-state index contributed by atoms with van der Waals surface area (Å²) in [7, 11) is 2.11. The minimum Gasteiger partial charge on any atom is -0.473 e. The Balaban J connectivity index is 1.95. The van der Waals surface area contributed by atoms with Gasteiger partial charge in [0.25, 0.3) is 0 Å². The van der Waals surface area contributed by atoms with Gasteiger partial charge in [-0.3, -0.25) is 4.90 Å². The third kappa shape index (κ3) is 2.61. The highest BCUT2D eigenvalue weighted by atomic mass is 35.5. The maximum Gasteiger partial charge on any atom is 0.213 e. The van der Waals surface area contributed by atoms with E-state index in [-0.39, 0.29) is 6.10 Å². The van der Waals surface area contributed by atoms with Gasteiger partial charge in [0.05, 0.1) is 5.02 Å². The Morgan fingerprint density at radius 3 is 2.87 bits per heavy atom. The second-order valence-corrected chi connectivity index (χ2v) is 4.52. The first kappa shape index (κ1) is 10.7. The van der Waals surface area contributed by atoms with Crippen molar-refractivity contribution >= 4 is 11.6 Å². The molecule has 15 heavy (non-hydrogen) atoms. The minimum absolute atomic E-state index is 0.249. The predicted molar refractivity (Wildman–Crippen MR) is 60.4 cm³/mol. The molecule has 1 saturated heterocycles. The lowest BCUT2D eigenvalue weighted by atomic mass is 10.2. The first-order valence-corrected chi connectivity index (χ1v) is 5.51. The van der Waals surface area contributed by atoms with Crippen LogP contribution in [-0.4, -0.2) is 35.6 Å². The minimum atomic E-state index is 0.249. The van der Waals surface area contributed by atoms with Gasteiger partial charge in [0.1, 0.15) is 6.10 Å². The van der Waals surface area contributed by atoms with Crippen LogP contribution in [0.2, 0.25) is 5.02 Å². The molecule has 0 aliphatic carbocycles. The van der Waals surface area contributed by atoms with Crippen molar-refractivity contribution in [2.45, 2.75) is 25.5 Å². The summed E-state index contributed by atoms with van der Waals surface area (Å²) in [4.78, 5) is 6.41. The van der Waals surface area contributed by atoms with Crippen LogP contribution in [0.1, 0.15) is 13.3 Å². The number of aromatic nitrogens is 1. The summed E-state index contributed by atoms with van der Waals surface area (Å²) in [5.41, 5.74) is 0. The Bertz CT molecular complexity index is 318. The molecule has 0 saturated carbocycles. The van der Waals surface area contributed by atoms with Gasteiger partial charge in [0, 0.05) is 31.3 Å². The zero-order chi connectivity index (χ0) is 10.8. The summed E-state index contributed by atoms with van der Waals surface area (Å²) in [6.07, 6.45) is 2.92. The van der Waals surface area contributed by atoms with E-state index in [2.05, 4.69) is 23.9 Å². The average Bonchev–Trinajstić information content (AvgIpc) is 2.50. The van der Waals surface area contributed by atoms with Crippen LogP contribution in [0.3, 0.4) is 0 Å². The van der Waals surface area contributed by atoms with Crippen molar-refractivity contribution in [3.05, 3.63) is 23.4 Å². The van der Waals surface area contributed by atoms with Gasteiger partial charge in [-0.05, 0) is 20.0 Å². The maximum absolute atomic E-state index is 5.76. The molecule has 2 rings (SSSR count). The van der Waals surface area contributed by atoms with Crippen LogP contribution < -0.4 is 4.74 Å². The Hall–Kier alpha value is -0.800. The molecule has 0 bridgehead atoms. The van der Waals surface area contributed by atoms with Gasteiger partial charge in [-0.25, -0.2) is 4.98 Å². The predicted octanol–water partition coefficient (Wildman–Crippen LogP) is 2.21. The van der Waals surface area contributed by atoms with Crippen molar-refractivity contribution in [1.29, 1.82) is 0 Å². The number of nitrogens with zero attached hydrogens (tertiary/aromatic N) is 2. The van der Waals surface area contributed by atoms with Crippen molar-refractivity contribution in [2.75, 3.05) is 13.6 Å². The molecule has 3 nitrogen and oxygen atoms in total. The van der Waals surface area contributed by atoms with Gasteiger partial charge in [-0.2, -0.15) is 0 Å². The van der Waals surface area contributed by atoms with Crippen LogP contribution in [0.25, 0.3) is 0 Å². The molecule has 1 aromatic rings. The molecular weight excluding hydrogens is 212 g/mol.